The van der Waals surface area contributed by atoms with E-state index in [1.54, 1.807) is 13.3 Å². The first-order valence-corrected chi connectivity index (χ1v) is 8.21. The molecule has 3 heterocycles. The van der Waals surface area contributed by atoms with Crippen LogP contribution in [0.1, 0.15) is 0 Å². The van der Waals surface area contributed by atoms with Crippen molar-refractivity contribution in [2.75, 3.05) is 7.11 Å². The molecule has 0 aliphatic carbocycles. The molecule has 118 valence electrons. The third-order valence-electron chi connectivity index (χ3n) is 3.73. The van der Waals surface area contributed by atoms with Crippen molar-refractivity contribution in [3.05, 3.63) is 64.4 Å². The number of aromatic amines is 1. The van der Waals surface area contributed by atoms with E-state index in [0.29, 0.717) is 21.7 Å². The van der Waals surface area contributed by atoms with Crippen LogP contribution in [0.3, 0.4) is 0 Å². The molecule has 4 rings (SSSR count). The summed E-state index contributed by atoms with van der Waals surface area (Å²) in [4.78, 5) is 25.0. The summed E-state index contributed by atoms with van der Waals surface area (Å²) in [5.74, 6) is 1.23. The van der Waals surface area contributed by atoms with Gasteiger partial charge in [-0.1, -0.05) is 18.2 Å². The molecule has 0 fully saturated rings. The minimum Gasteiger partial charge on any atom is -0.497 e. The average Bonchev–Trinajstić information content (AvgIpc) is 3.07. The summed E-state index contributed by atoms with van der Waals surface area (Å²) < 4.78 is 5.27. The summed E-state index contributed by atoms with van der Waals surface area (Å²) in [5.41, 5.74) is 2.27. The van der Waals surface area contributed by atoms with Crippen molar-refractivity contribution >= 4 is 21.6 Å². The summed E-state index contributed by atoms with van der Waals surface area (Å²) in [6, 6.07) is 13.2. The van der Waals surface area contributed by atoms with Crippen LogP contribution in [-0.2, 0) is 0 Å². The summed E-state index contributed by atoms with van der Waals surface area (Å²) in [5, 5.41) is 2.54. The van der Waals surface area contributed by atoms with Gasteiger partial charge >= 0.3 is 0 Å². The third kappa shape index (κ3) is 2.47. The second-order valence-corrected chi connectivity index (χ2v) is 6.05. The first kappa shape index (κ1) is 14.6. The van der Waals surface area contributed by atoms with E-state index in [1.807, 2.05) is 47.8 Å². The number of ether oxygens (including phenoxy) is 1. The molecule has 0 aliphatic heterocycles. The molecule has 0 radical (unpaired) electrons. The molecule has 1 N–H and O–H groups in total. The van der Waals surface area contributed by atoms with E-state index in [-0.39, 0.29) is 5.56 Å². The maximum atomic E-state index is 12.6. The normalized spacial score (nSPS) is 10.9. The van der Waals surface area contributed by atoms with E-state index >= 15 is 0 Å². The minimum atomic E-state index is -0.167. The van der Waals surface area contributed by atoms with Gasteiger partial charge < -0.3 is 9.72 Å². The number of pyridine rings is 1. The molecule has 0 saturated heterocycles. The van der Waals surface area contributed by atoms with E-state index in [0.717, 1.165) is 16.9 Å². The molecule has 6 heteroatoms. The lowest BCUT2D eigenvalue weighted by Crippen LogP contribution is -2.09. The van der Waals surface area contributed by atoms with Gasteiger partial charge in [-0.15, -0.1) is 11.3 Å². The van der Waals surface area contributed by atoms with Crippen LogP contribution in [0.25, 0.3) is 32.9 Å². The van der Waals surface area contributed by atoms with Crippen molar-refractivity contribution in [1.29, 1.82) is 0 Å². The molecule has 1 aromatic carbocycles. The molecule has 4 aromatic rings. The summed E-state index contributed by atoms with van der Waals surface area (Å²) >= 11 is 1.45. The molecule has 0 unspecified atom stereocenters. The zero-order valence-electron chi connectivity index (χ0n) is 12.8. The van der Waals surface area contributed by atoms with Crippen LogP contribution in [0.4, 0.5) is 0 Å². The number of hydrogen-bond acceptors (Lipinski definition) is 5. The maximum absolute atomic E-state index is 12.6. The van der Waals surface area contributed by atoms with Gasteiger partial charge in [-0.3, -0.25) is 9.78 Å². The number of H-pyrrole nitrogens is 1. The number of aromatic nitrogens is 3. The van der Waals surface area contributed by atoms with Gasteiger partial charge in [0.1, 0.15) is 16.3 Å². The second-order valence-electron chi connectivity index (χ2n) is 5.19. The summed E-state index contributed by atoms with van der Waals surface area (Å²) in [7, 11) is 1.62. The van der Waals surface area contributed by atoms with Crippen molar-refractivity contribution < 1.29 is 4.74 Å². The highest BCUT2D eigenvalue weighted by molar-refractivity contribution is 7.17. The van der Waals surface area contributed by atoms with Gasteiger partial charge in [0.2, 0.25) is 0 Å². The second kappa shape index (κ2) is 5.90. The van der Waals surface area contributed by atoms with Crippen LogP contribution >= 0.6 is 11.3 Å². The highest BCUT2D eigenvalue weighted by Gasteiger charge is 2.14. The zero-order valence-corrected chi connectivity index (χ0v) is 13.6. The van der Waals surface area contributed by atoms with Crippen LogP contribution in [0.5, 0.6) is 5.75 Å². The number of benzene rings is 1. The van der Waals surface area contributed by atoms with Crippen LogP contribution in [0, 0.1) is 0 Å². The fourth-order valence-corrected chi connectivity index (χ4v) is 3.52. The summed E-state index contributed by atoms with van der Waals surface area (Å²) in [6.45, 7) is 0. The SMILES string of the molecule is COc1cccc(-c2csc3nc(-c4ccccn4)[nH]c(=O)c23)c1. The van der Waals surface area contributed by atoms with Gasteiger partial charge in [-0.2, -0.15) is 0 Å². The highest BCUT2D eigenvalue weighted by Crippen LogP contribution is 2.32. The van der Waals surface area contributed by atoms with E-state index in [1.165, 1.54) is 11.3 Å². The van der Waals surface area contributed by atoms with Crippen molar-refractivity contribution in [1.82, 2.24) is 15.0 Å². The van der Waals surface area contributed by atoms with Gasteiger partial charge in [-0.25, -0.2) is 4.98 Å². The molecule has 0 aliphatic rings. The van der Waals surface area contributed by atoms with Crippen LogP contribution in [0.2, 0.25) is 0 Å². The Bertz CT molecular complexity index is 1070. The van der Waals surface area contributed by atoms with Crippen molar-refractivity contribution in [2.45, 2.75) is 0 Å². The first-order valence-electron chi connectivity index (χ1n) is 7.33. The van der Waals surface area contributed by atoms with Gasteiger partial charge in [0.25, 0.3) is 5.56 Å². The van der Waals surface area contributed by atoms with Gasteiger partial charge in [0.05, 0.1) is 12.5 Å². The highest BCUT2D eigenvalue weighted by atomic mass is 32.1. The predicted octanol–water partition coefficient (Wildman–Crippen LogP) is 3.72. The van der Waals surface area contributed by atoms with Crippen molar-refractivity contribution in [2.24, 2.45) is 0 Å². The Morgan fingerprint density at radius 3 is 2.88 bits per heavy atom. The molecular weight excluding hydrogens is 322 g/mol. The molecule has 3 aromatic heterocycles. The van der Waals surface area contributed by atoms with Gasteiger partial charge in [-0.05, 0) is 29.8 Å². The average molecular weight is 335 g/mol. The summed E-state index contributed by atoms with van der Waals surface area (Å²) in [6.07, 6.45) is 1.68. The Balaban J connectivity index is 1.90. The molecule has 0 amide bonds. The Morgan fingerprint density at radius 2 is 2.08 bits per heavy atom. The molecule has 24 heavy (non-hydrogen) atoms. The number of rotatable bonds is 3. The molecular formula is C18H13N3O2S. The molecule has 0 spiro atoms. The van der Waals surface area contributed by atoms with Gasteiger partial charge in [0.15, 0.2) is 5.82 Å². The van der Waals surface area contributed by atoms with Crippen LogP contribution < -0.4 is 10.3 Å². The number of methoxy groups -OCH3 is 1. The largest absolute Gasteiger partial charge is 0.497 e. The smallest absolute Gasteiger partial charge is 0.260 e. The Labute approximate surface area is 141 Å². The van der Waals surface area contributed by atoms with Crippen LogP contribution in [0.15, 0.2) is 58.8 Å². The lowest BCUT2D eigenvalue weighted by molar-refractivity contribution is 0.415. The quantitative estimate of drug-likeness (QED) is 0.619. The van der Waals surface area contributed by atoms with E-state index < -0.39 is 0 Å². The topological polar surface area (TPSA) is 67.9 Å². The maximum Gasteiger partial charge on any atom is 0.260 e. The predicted molar refractivity (Wildman–Crippen MR) is 95.5 cm³/mol. The fourth-order valence-electron chi connectivity index (χ4n) is 2.58. The third-order valence-corrected chi connectivity index (χ3v) is 4.60. The van der Waals surface area contributed by atoms with Crippen molar-refractivity contribution in [3.63, 3.8) is 0 Å². The number of nitrogens with zero attached hydrogens (tertiary/aromatic N) is 2. The Hall–Kier alpha value is -2.99. The van der Waals surface area contributed by atoms with E-state index in [2.05, 4.69) is 15.0 Å². The van der Waals surface area contributed by atoms with E-state index in [9.17, 15) is 4.79 Å². The fraction of sp³-hybridized carbons (Fsp3) is 0.0556. The minimum absolute atomic E-state index is 0.167. The number of hydrogen-bond donors (Lipinski definition) is 1. The monoisotopic (exact) mass is 335 g/mol. The number of fused-ring (bicyclic) bond motifs is 1. The Kier molecular flexibility index (Phi) is 3.59. The lowest BCUT2D eigenvalue weighted by atomic mass is 10.1. The number of nitrogens with one attached hydrogen (secondary N) is 1. The molecule has 0 atom stereocenters. The lowest BCUT2D eigenvalue weighted by Gasteiger charge is -2.04. The Morgan fingerprint density at radius 1 is 1.17 bits per heavy atom. The van der Waals surface area contributed by atoms with Crippen LogP contribution in [-0.4, -0.2) is 22.1 Å². The van der Waals surface area contributed by atoms with Crippen molar-refractivity contribution in [3.8, 4) is 28.4 Å². The van der Waals surface area contributed by atoms with Gasteiger partial charge in [0, 0.05) is 17.1 Å². The zero-order chi connectivity index (χ0) is 16.5. The molecule has 5 nitrogen and oxygen atoms in total. The molecule has 0 saturated carbocycles. The number of thiophene rings is 1. The molecule has 0 bridgehead atoms. The van der Waals surface area contributed by atoms with E-state index in [4.69, 9.17) is 4.74 Å². The standard InChI is InChI=1S/C18H13N3O2S/c1-23-12-6-4-5-11(9-12)13-10-24-18-15(13)17(22)20-16(21-18)14-7-2-3-8-19-14/h2-10H,1H3,(H,20,21,22). The first-order chi connectivity index (χ1) is 11.8.